The number of unbranched alkanes of at least 4 members (excludes halogenated alkanes) is 2. The summed E-state index contributed by atoms with van der Waals surface area (Å²) in [5, 5.41) is 5.65. The molecule has 1 aromatic rings. The van der Waals surface area contributed by atoms with Gasteiger partial charge in [0, 0.05) is 10.9 Å². The molecular weight excluding hydrogens is 202 g/mol. The van der Waals surface area contributed by atoms with Crippen LogP contribution in [0, 0.1) is 6.92 Å². The molecule has 0 amide bonds. The minimum atomic E-state index is 0.629. The molecular formula is C13H23NS. The van der Waals surface area contributed by atoms with Gasteiger partial charge in [0.25, 0.3) is 0 Å². The third kappa shape index (κ3) is 5.33. The van der Waals surface area contributed by atoms with Crippen molar-refractivity contribution in [1.29, 1.82) is 0 Å². The highest BCUT2D eigenvalue weighted by atomic mass is 32.1. The lowest BCUT2D eigenvalue weighted by molar-refractivity contribution is 0.549. The van der Waals surface area contributed by atoms with Crippen molar-refractivity contribution in [3.8, 4) is 0 Å². The van der Waals surface area contributed by atoms with E-state index in [0.717, 1.165) is 0 Å². The number of hydrogen-bond donors (Lipinski definition) is 1. The third-order valence-corrected chi connectivity index (χ3v) is 3.68. The van der Waals surface area contributed by atoms with Crippen LogP contribution in [0.25, 0.3) is 0 Å². The minimum absolute atomic E-state index is 0.629. The highest BCUT2D eigenvalue weighted by Crippen LogP contribution is 2.18. The molecule has 0 spiro atoms. The van der Waals surface area contributed by atoms with Gasteiger partial charge in [0.1, 0.15) is 0 Å². The summed E-state index contributed by atoms with van der Waals surface area (Å²) >= 11 is 1.90. The van der Waals surface area contributed by atoms with Gasteiger partial charge >= 0.3 is 0 Å². The van der Waals surface area contributed by atoms with Gasteiger partial charge in [-0.2, -0.15) is 0 Å². The zero-order valence-corrected chi connectivity index (χ0v) is 11.0. The van der Waals surface area contributed by atoms with E-state index in [2.05, 4.69) is 37.5 Å². The maximum Gasteiger partial charge on any atom is 0.00743 e. The number of thiophene rings is 1. The average Bonchev–Trinajstić information content (AvgIpc) is 2.57. The fourth-order valence-corrected chi connectivity index (χ4v) is 2.59. The van der Waals surface area contributed by atoms with Crippen molar-refractivity contribution in [3.63, 3.8) is 0 Å². The Balaban J connectivity index is 2.00. The van der Waals surface area contributed by atoms with E-state index >= 15 is 0 Å². The third-order valence-electron chi connectivity index (χ3n) is 2.60. The monoisotopic (exact) mass is 225 g/mol. The molecule has 0 atom stereocenters. The zero-order chi connectivity index (χ0) is 11.1. The van der Waals surface area contributed by atoms with Crippen LogP contribution in [0.3, 0.4) is 0 Å². The summed E-state index contributed by atoms with van der Waals surface area (Å²) in [6.07, 6.45) is 5.26. The lowest BCUT2D eigenvalue weighted by atomic mass is 10.1. The van der Waals surface area contributed by atoms with Gasteiger partial charge < -0.3 is 5.32 Å². The highest BCUT2D eigenvalue weighted by molar-refractivity contribution is 7.10. The van der Waals surface area contributed by atoms with Crippen LogP contribution >= 0.6 is 11.3 Å². The van der Waals surface area contributed by atoms with Crippen molar-refractivity contribution < 1.29 is 0 Å². The molecule has 0 fully saturated rings. The normalized spacial score (nSPS) is 11.2. The number of rotatable bonds is 7. The van der Waals surface area contributed by atoms with E-state index in [-0.39, 0.29) is 0 Å². The Bertz CT molecular complexity index is 265. The summed E-state index contributed by atoms with van der Waals surface area (Å²) in [6, 6.07) is 2.85. The molecule has 2 heteroatoms. The van der Waals surface area contributed by atoms with Gasteiger partial charge in [-0.05, 0) is 49.7 Å². The van der Waals surface area contributed by atoms with E-state index in [1.807, 2.05) is 11.3 Å². The van der Waals surface area contributed by atoms with Crippen LogP contribution in [0.15, 0.2) is 11.4 Å². The largest absolute Gasteiger partial charge is 0.315 e. The molecule has 1 heterocycles. The first-order chi connectivity index (χ1) is 7.20. The number of hydrogen-bond acceptors (Lipinski definition) is 2. The van der Waals surface area contributed by atoms with Crippen molar-refractivity contribution in [3.05, 3.63) is 21.9 Å². The van der Waals surface area contributed by atoms with Crippen LogP contribution < -0.4 is 5.32 Å². The quantitative estimate of drug-likeness (QED) is 0.697. The van der Waals surface area contributed by atoms with Gasteiger partial charge in [0.2, 0.25) is 0 Å². The van der Waals surface area contributed by atoms with E-state index in [9.17, 15) is 0 Å². The molecule has 0 radical (unpaired) electrons. The topological polar surface area (TPSA) is 12.0 Å². The molecule has 0 aromatic carbocycles. The summed E-state index contributed by atoms with van der Waals surface area (Å²) in [5.41, 5.74) is 1.47. The van der Waals surface area contributed by atoms with Crippen molar-refractivity contribution in [2.24, 2.45) is 0 Å². The van der Waals surface area contributed by atoms with Gasteiger partial charge in [-0.1, -0.05) is 20.3 Å². The van der Waals surface area contributed by atoms with Crippen molar-refractivity contribution in [1.82, 2.24) is 5.32 Å². The van der Waals surface area contributed by atoms with Crippen LogP contribution in [0.1, 0.15) is 43.6 Å². The Labute approximate surface area is 97.9 Å². The SMILES string of the molecule is Cc1ccsc1CCCCCNC(C)C. The summed E-state index contributed by atoms with van der Waals surface area (Å²) in [5.74, 6) is 0. The predicted molar refractivity (Wildman–Crippen MR) is 69.7 cm³/mol. The Morgan fingerprint density at radius 3 is 2.67 bits per heavy atom. The lowest BCUT2D eigenvalue weighted by Crippen LogP contribution is -2.23. The molecule has 1 rings (SSSR count). The molecule has 86 valence electrons. The molecule has 1 nitrogen and oxygen atoms in total. The van der Waals surface area contributed by atoms with E-state index in [1.54, 1.807) is 4.88 Å². The minimum Gasteiger partial charge on any atom is -0.315 e. The van der Waals surface area contributed by atoms with Crippen molar-refractivity contribution in [2.45, 2.75) is 52.5 Å². The first kappa shape index (κ1) is 12.7. The standard InChI is InChI=1S/C13H23NS/c1-11(2)14-9-6-4-5-7-13-12(3)8-10-15-13/h8,10-11,14H,4-7,9H2,1-3H3. The van der Waals surface area contributed by atoms with Crippen LogP contribution in [0.5, 0.6) is 0 Å². The molecule has 0 saturated heterocycles. The van der Waals surface area contributed by atoms with Gasteiger partial charge in [0.05, 0.1) is 0 Å². The second-order valence-corrected chi connectivity index (χ2v) is 5.45. The summed E-state index contributed by atoms with van der Waals surface area (Å²) < 4.78 is 0. The van der Waals surface area contributed by atoms with Crippen LogP contribution in [-0.4, -0.2) is 12.6 Å². The predicted octanol–water partition coefficient (Wildman–Crippen LogP) is 3.77. The Hall–Kier alpha value is -0.340. The van der Waals surface area contributed by atoms with E-state index in [0.29, 0.717) is 6.04 Å². The van der Waals surface area contributed by atoms with Crippen LogP contribution in [0.2, 0.25) is 0 Å². The fourth-order valence-electron chi connectivity index (χ4n) is 1.64. The molecule has 1 aromatic heterocycles. The molecule has 0 aliphatic rings. The fraction of sp³-hybridized carbons (Fsp3) is 0.692. The maximum absolute atomic E-state index is 3.45. The van der Waals surface area contributed by atoms with Crippen molar-refractivity contribution in [2.75, 3.05) is 6.54 Å². The Morgan fingerprint density at radius 2 is 2.07 bits per heavy atom. The van der Waals surface area contributed by atoms with Gasteiger partial charge in [-0.3, -0.25) is 0 Å². The van der Waals surface area contributed by atoms with Crippen LogP contribution in [-0.2, 0) is 6.42 Å². The molecule has 0 saturated carbocycles. The Morgan fingerprint density at radius 1 is 1.27 bits per heavy atom. The van der Waals surface area contributed by atoms with E-state index < -0.39 is 0 Å². The molecule has 1 N–H and O–H groups in total. The number of aryl methyl sites for hydroxylation is 2. The maximum atomic E-state index is 3.45. The summed E-state index contributed by atoms with van der Waals surface area (Å²) in [6.45, 7) is 7.79. The molecule has 15 heavy (non-hydrogen) atoms. The molecule has 0 bridgehead atoms. The summed E-state index contributed by atoms with van der Waals surface area (Å²) in [7, 11) is 0. The first-order valence-electron chi connectivity index (χ1n) is 5.96. The van der Waals surface area contributed by atoms with Gasteiger partial charge in [-0.15, -0.1) is 11.3 Å². The molecule has 0 aliphatic heterocycles. The summed E-state index contributed by atoms with van der Waals surface area (Å²) in [4.78, 5) is 1.58. The van der Waals surface area contributed by atoms with E-state index in [1.165, 1.54) is 37.8 Å². The average molecular weight is 225 g/mol. The highest BCUT2D eigenvalue weighted by Gasteiger charge is 1.99. The van der Waals surface area contributed by atoms with Crippen molar-refractivity contribution >= 4 is 11.3 Å². The number of nitrogens with one attached hydrogen (secondary N) is 1. The smallest absolute Gasteiger partial charge is 0.00743 e. The zero-order valence-electron chi connectivity index (χ0n) is 10.2. The van der Waals surface area contributed by atoms with E-state index in [4.69, 9.17) is 0 Å². The second kappa shape index (κ2) is 7.02. The lowest BCUT2D eigenvalue weighted by Gasteiger charge is -2.07. The first-order valence-corrected chi connectivity index (χ1v) is 6.84. The Kier molecular flexibility index (Phi) is 5.96. The second-order valence-electron chi connectivity index (χ2n) is 4.45. The molecule has 0 aliphatic carbocycles. The van der Waals surface area contributed by atoms with Gasteiger partial charge in [0.15, 0.2) is 0 Å². The van der Waals surface area contributed by atoms with Gasteiger partial charge in [-0.25, -0.2) is 0 Å². The van der Waals surface area contributed by atoms with Crippen LogP contribution in [0.4, 0.5) is 0 Å². The molecule has 0 unspecified atom stereocenters.